The first kappa shape index (κ1) is 43.7. The normalized spacial score (nSPS) is 16.6. The molecule has 0 amide bonds. The van der Waals surface area contributed by atoms with Gasteiger partial charge in [0, 0.05) is 56.4 Å². The molecule has 3 heterocycles. The van der Waals surface area contributed by atoms with Gasteiger partial charge in [0.2, 0.25) is 5.95 Å². The third-order valence-corrected chi connectivity index (χ3v) is 11.7. The molecule has 1 saturated carbocycles. The molecule has 0 bridgehead atoms. The summed E-state index contributed by atoms with van der Waals surface area (Å²) in [5, 5.41) is 27.6. The van der Waals surface area contributed by atoms with E-state index in [1.54, 1.807) is 0 Å². The minimum atomic E-state index is -4.13. The van der Waals surface area contributed by atoms with Crippen LogP contribution in [0.4, 0.5) is 11.8 Å². The number of hydrogen-bond donors (Lipinski definition) is 7. The minimum absolute atomic E-state index is 0.0108. The summed E-state index contributed by atoms with van der Waals surface area (Å²) < 4.78 is 12.8. The Labute approximate surface area is 330 Å². The van der Waals surface area contributed by atoms with E-state index in [4.69, 9.17) is 25.5 Å². The van der Waals surface area contributed by atoms with Gasteiger partial charge in [-0.25, -0.2) is 9.67 Å². The Morgan fingerprint density at radius 3 is 2.48 bits per heavy atom. The number of rotatable bonds is 26. The van der Waals surface area contributed by atoms with Crippen LogP contribution in [0.25, 0.3) is 10.9 Å². The van der Waals surface area contributed by atoms with Gasteiger partial charge in [-0.05, 0) is 107 Å². The Bertz CT molecular complexity index is 1690. The molecule has 2 aromatic heterocycles. The van der Waals surface area contributed by atoms with Gasteiger partial charge < -0.3 is 41.7 Å². The highest BCUT2D eigenvalue weighted by atomic mass is 31.2. The molecule has 17 nitrogen and oxygen atoms in total. The Kier molecular flexibility index (Phi) is 18.0. The third kappa shape index (κ3) is 15.5. The number of anilines is 2. The van der Waals surface area contributed by atoms with Gasteiger partial charge in [-0.2, -0.15) is 4.98 Å². The van der Waals surface area contributed by atoms with Crippen molar-refractivity contribution < 1.29 is 23.9 Å². The molecule has 1 aromatic carbocycles. The predicted molar refractivity (Wildman–Crippen MR) is 217 cm³/mol. The quantitative estimate of drug-likeness (QED) is 0.0455. The maximum atomic E-state index is 12.5. The van der Waals surface area contributed by atoms with Crippen molar-refractivity contribution in [2.75, 3.05) is 56.1 Å². The Hall–Kier alpha value is -3.44. The number of ketones is 2. The number of aromatic nitrogens is 6. The SMILES string of the molecule is N[C@@H](CCC(=O)CCCN1CCC(Nc2nc(NCc3nnnn3CCCNCCCNC3CCCCC3)nc3ccccc23)CC1)C(=O)CCCP(=O)(O)O. The number of aryl methyl sites for hydroxylation is 1. The highest BCUT2D eigenvalue weighted by Crippen LogP contribution is 2.35. The fourth-order valence-corrected chi connectivity index (χ4v) is 8.06. The number of carbonyl (C=O) groups is 2. The maximum Gasteiger partial charge on any atom is 0.325 e. The number of likely N-dealkylation sites (tertiary alicyclic amines) is 1. The van der Waals surface area contributed by atoms with Crippen LogP contribution in [-0.2, 0) is 27.2 Å². The number of carbonyl (C=O) groups excluding carboxylic acids is 2. The highest BCUT2D eigenvalue weighted by molar-refractivity contribution is 7.51. The van der Waals surface area contributed by atoms with Crippen molar-refractivity contribution >= 4 is 41.8 Å². The molecular weight excluding hydrogens is 735 g/mol. The van der Waals surface area contributed by atoms with E-state index in [1.165, 1.54) is 32.1 Å². The van der Waals surface area contributed by atoms with Crippen molar-refractivity contribution in [2.45, 2.75) is 128 Å². The van der Waals surface area contributed by atoms with Crippen LogP contribution >= 0.6 is 7.60 Å². The van der Waals surface area contributed by atoms with Crippen molar-refractivity contribution in [1.82, 2.24) is 45.7 Å². The van der Waals surface area contributed by atoms with Gasteiger partial charge in [-0.15, -0.1) is 5.10 Å². The molecule has 5 rings (SSSR count). The lowest BCUT2D eigenvalue weighted by molar-refractivity contribution is -0.121. The topological polar surface area (TPSA) is 238 Å². The van der Waals surface area contributed by atoms with Gasteiger partial charge in [0.05, 0.1) is 24.3 Å². The number of fused-ring (bicyclic) bond motifs is 1. The number of hydrogen-bond acceptors (Lipinski definition) is 14. The second-order valence-corrected chi connectivity index (χ2v) is 17.1. The van der Waals surface area contributed by atoms with Crippen LogP contribution in [0.2, 0.25) is 0 Å². The summed E-state index contributed by atoms with van der Waals surface area (Å²) in [5.41, 5.74) is 6.77. The zero-order valence-corrected chi connectivity index (χ0v) is 33.7. The molecule has 56 heavy (non-hydrogen) atoms. The van der Waals surface area contributed by atoms with Gasteiger partial charge in [0.1, 0.15) is 17.4 Å². The highest BCUT2D eigenvalue weighted by Gasteiger charge is 2.22. The molecule has 1 aliphatic carbocycles. The number of Topliss-reactive ketones (excluding diaryl/α,β-unsaturated/α-hetero) is 2. The summed E-state index contributed by atoms with van der Waals surface area (Å²) in [4.78, 5) is 54.5. The lowest BCUT2D eigenvalue weighted by atomic mass is 9.95. The zero-order valence-electron chi connectivity index (χ0n) is 32.8. The Balaban J connectivity index is 0.985. The smallest absolute Gasteiger partial charge is 0.325 e. The van der Waals surface area contributed by atoms with Gasteiger partial charge in [-0.3, -0.25) is 14.2 Å². The summed E-state index contributed by atoms with van der Waals surface area (Å²) >= 11 is 0. The van der Waals surface area contributed by atoms with E-state index in [2.05, 4.69) is 41.7 Å². The van der Waals surface area contributed by atoms with E-state index in [-0.39, 0.29) is 49.5 Å². The number of piperidine rings is 1. The van der Waals surface area contributed by atoms with Crippen LogP contribution in [0.15, 0.2) is 24.3 Å². The lowest BCUT2D eigenvalue weighted by Gasteiger charge is -2.32. The number of para-hydroxylation sites is 1. The molecule has 2 fully saturated rings. The van der Waals surface area contributed by atoms with E-state index in [0.717, 1.165) is 100 Å². The monoisotopic (exact) mass is 798 g/mol. The number of benzene rings is 1. The van der Waals surface area contributed by atoms with Crippen LogP contribution in [-0.4, -0.2) is 120 Å². The second-order valence-electron chi connectivity index (χ2n) is 15.3. The number of nitrogens with two attached hydrogens (primary N) is 1. The average molecular weight is 799 g/mol. The van der Waals surface area contributed by atoms with E-state index >= 15 is 0 Å². The molecule has 2 aliphatic rings. The standard InChI is InChI=1S/C38H63N12O5P/c39-33(35(52)15-7-27-56(53,54)55)17-16-31(51)12-6-23-49-25-18-30(19-26-49)43-37-32-13-4-5-14-34(32)44-38(45-37)42-28-36-46-47-48-50(36)24-9-21-40-20-8-22-41-29-10-2-1-3-11-29/h4-5,13-14,29-30,33,40-41H,1-3,6-12,15-28,39H2,(H2,53,54,55)(H2,42,43,44,45)/t33-/m0/s1. The number of tetrazole rings is 1. The first-order chi connectivity index (χ1) is 27.1. The van der Waals surface area contributed by atoms with Crippen molar-refractivity contribution in [3.8, 4) is 0 Å². The first-order valence-corrected chi connectivity index (χ1v) is 22.5. The molecular formula is C38H63N12O5P. The molecule has 3 aromatic rings. The van der Waals surface area contributed by atoms with Crippen LogP contribution in [0.1, 0.15) is 102 Å². The lowest BCUT2D eigenvalue weighted by Crippen LogP contribution is -2.39. The molecule has 0 radical (unpaired) electrons. The fourth-order valence-electron chi connectivity index (χ4n) is 7.49. The second kappa shape index (κ2) is 23.1. The first-order valence-electron chi connectivity index (χ1n) is 20.7. The van der Waals surface area contributed by atoms with E-state index in [1.807, 2.05) is 28.9 Å². The summed E-state index contributed by atoms with van der Waals surface area (Å²) in [6.07, 6.45) is 12.1. The van der Waals surface area contributed by atoms with E-state index in [0.29, 0.717) is 25.0 Å². The van der Waals surface area contributed by atoms with E-state index in [9.17, 15) is 14.2 Å². The summed E-state index contributed by atoms with van der Waals surface area (Å²) in [5.74, 6) is 1.85. The largest absolute Gasteiger partial charge is 0.367 e. The van der Waals surface area contributed by atoms with Crippen molar-refractivity contribution in [2.24, 2.45) is 5.73 Å². The summed E-state index contributed by atoms with van der Waals surface area (Å²) in [6.45, 7) is 6.75. The predicted octanol–water partition coefficient (Wildman–Crippen LogP) is 3.38. The van der Waals surface area contributed by atoms with Crippen LogP contribution in [0, 0.1) is 0 Å². The molecule has 18 heteroatoms. The van der Waals surface area contributed by atoms with Gasteiger partial charge in [0.15, 0.2) is 5.82 Å². The Morgan fingerprint density at radius 1 is 0.893 bits per heavy atom. The van der Waals surface area contributed by atoms with Crippen LogP contribution < -0.4 is 27.0 Å². The molecule has 1 aliphatic heterocycles. The van der Waals surface area contributed by atoms with Crippen LogP contribution in [0.5, 0.6) is 0 Å². The number of nitrogens with zero attached hydrogens (tertiary/aromatic N) is 7. The van der Waals surface area contributed by atoms with Gasteiger partial charge >= 0.3 is 7.60 Å². The third-order valence-electron chi connectivity index (χ3n) is 10.8. The Morgan fingerprint density at radius 2 is 1.68 bits per heavy atom. The van der Waals surface area contributed by atoms with Crippen molar-refractivity contribution in [1.29, 1.82) is 0 Å². The average Bonchev–Trinajstić information content (AvgIpc) is 3.64. The molecule has 310 valence electrons. The number of nitrogens with one attached hydrogen (secondary N) is 4. The summed E-state index contributed by atoms with van der Waals surface area (Å²) in [7, 11) is -4.13. The molecule has 1 saturated heterocycles. The molecule has 8 N–H and O–H groups in total. The minimum Gasteiger partial charge on any atom is -0.367 e. The fraction of sp³-hybridized carbons (Fsp3) is 0.711. The zero-order chi connectivity index (χ0) is 39.6. The molecule has 0 unspecified atom stereocenters. The molecule has 0 spiro atoms. The van der Waals surface area contributed by atoms with Gasteiger partial charge in [-0.1, -0.05) is 31.4 Å². The van der Waals surface area contributed by atoms with E-state index < -0.39 is 13.6 Å². The molecule has 1 atom stereocenters. The summed E-state index contributed by atoms with van der Waals surface area (Å²) in [6, 6.07) is 8.16. The van der Waals surface area contributed by atoms with Crippen LogP contribution in [0.3, 0.4) is 0 Å². The van der Waals surface area contributed by atoms with Crippen molar-refractivity contribution in [3.63, 3.8) is 0 Å². The van der Waals surface area contributed by atoms with Gasteiger partial charge in [0.25, 0.3) is 0 Å². The van der Waals surface area contributed by atoms with Crippen molar-refractivity contribution in [3.05, 3.63) is 30.1 Å². The maximum absolute atomic E-state index is 12.5.